The van der Waals surface area contributed by atoms with Crippen LogP contribution in [0.5, 0.6) is 5.75 Å². The Labute approximate surface area is 151 Å². The number of carbonyl (C=O) groups excluding carboxylic acids is 1. The van der Waals surface area contributed by atoms with E-state index in [1.165, 1.54) is 19.2 Å². The summed E-state index contributed by atoms with van der Waals surface area (Å²) in [6.07, 6.45) is 5.18. The number of hydrogen-bond acceptors (Lipinski definition) is 4. The average Bonchev–Trinajstić information content (AvgIpc) is 3.05. The summed E-state index contributed by atoms with van der Waals surface area (Å²) in [5.74, 6) is -0.465. The van der Waals surface area contributed by atoms with Crippen molar-refractivity contribution in [2.75, 3.05) is 26.7 Å². The van der Waals surface area contributed by atoms with E-state index < -0.39 is 5.82 Å². The maximum absolute atomic E-state index is 13.9. The molecule has 25 heavy (non-hydrogen) atoms. The van der Waals surface area contributed by atoms with Gasteiger partial charge in [0, 0.05) is 30.8 Å². The summed E-state index contributed by atoms with van der Waals surface area (Å²) in [6, 6.07) is 4.41. The van der Waals surface area contributed by atoms with Gasteiger partial charge in [0.15, 0.2) is 17.3 Å². The lowest BCUT2D eigenvalue weighted by molar-refractivity contribution is 0.0814. The van der Waals surface area contributed by atoms with Gasteiger partial charge in [-0.15, -0.1) is 0 Å². The van der Waals surface area contributed by atoms with Gasteiger partial charge in [-0.25, -0.2) is 4.39 Å². The highest BCUT2D eigenvalue weighted by molar-refractivity contribution is 6.30. The van der Waals surface area contributed by atoms with Crippen LogP contribution in [0.4, 0.5) is 4.39 Å². The van der Waals surface area contributed by atoms with E-state index in [4.69, 9.17) is 16.3 Å². The minimum atomic E-state index is -0.503. The SMILES string of the molecule is COc1ccc(C(=O)C2CCCN(CCn3cc(Cl)cn3)C2)cc1F. The van der Waals surface area contributed by atoms with Crippen LogP contribution in [0.25, 0.3) is 0 Å². The lowest BCUT2D eigenvalue weighted by Gasteiger charge is -2.32. The van der Waals surface area contributed by atoms with Crippen LogP contribution in [0.2, 0.25) is 5.02 Å². The molecular weight excluding hydrogens is 345 g/mol. The Morgan fingerprint density at radius 2 is 2.28 bits per heavy atom. The fourth-order valence-corrected chi connectivity index (χ4v) is 3.39. The molecule has 134 valence electrons. The number of rotatable bonds is 6. The normalized spacial score (nSPS) is 18.3. The first kappa shape index (κ1) is 17.9. The Balaban J connectivity index is 1.60. The summed E-state index contributed by atoms with van der Waals surface area (Å²) in [4.78, 5) is 15.0. The molecule has 1 aromatic heterocycles. The van der Waals surface area contributed by atoms with Crippen LogP contribution in [0.1, 0.15) is 23.2 Å². The molecular formula is C18H21ClFN3O2. The van der Waals surface area contributed by atoms with Crippen molar-refractivity contribution < 1.29 is 13.9 Å². The van der Waals surface area contributed by atoms with Gasteiger partial charge in [-0.1, -0.05) is 11.6 Å². The first-order chi connectivity index (χ1) is 12.1. The number of piperidine rings is 1. The second kappa shape index (κ2) is 7.97. The monoisotopic (exact) mass is 365 g/mol. The van der Waals surface area contributed by atoms with Crippen LogP contribution in [0, 0.1) is 11.7 Å². The van der Waals surface area contributed by atoms with Crippen molar-refractivity contribution >= 4 is 17.4 Å². The average molecular weight is 366 g/mol. The van der Waals surface area contributed by atoms with E-state index in [-0.39, 0.29) is 17.5 Å². The Bertz CT molecular complexity index is 750. The van der Waals surface area contributed by atoms with E-state index in [0.717, 1.165) is 32.5 Å². The number of halogens is 2. The van der Waals surface area contributed by atoms with Crippen molar-refractivity contribution in [2.45, 2.75) is 19.4 Å². The highest BCUT2D eigenvalue weighted by Gasteiger charge is 2.27. The van der Waals surface area contributed by atoms with E-state index in [1.54, 1.807) is 23.1 Å². The number of ketones is 1. The molecule has 7 heteroatoms. The molecule has 3 rings (SSSR count). The van der Waals surface area contributed by atoms with E-state index in [0.29, 0.717) is 17.1 Å². The van der Waals surface area contributed by atoms with E-state index in [2.05, 4.69) is 10.00 Å². The third kappa shape index (κ3) is 4.38. The Kier molecular flexibility index (Phi) is 5.71. The van der Waals surface area contributed by atoms with Crippen molar-refractivity contribution in [1.29, 1.82) is 0 Å². The first-order valence-corrected chi connectivity index (χ1v) is 8.72. The van der Waals surface area contributed by atoms with Gasteiger partial charge in [0.1, 0.15) is 0 Å². The van der Waals surface area contributed by atoms with Gasteiger partial charge in [-0.05, 0) is 37.6 Å². The van der Waals surface area contributed by atoms with Gasteiger partial charge in [0.25, 0.3) is 0 Å². The molecule has 0 aliphatic carbocycles. The predicted octanol–water partition coefficient (Wildman–Crippen LogP) is 3.28. The van der Waals surface area contributed by atoms with Crippen LogP contribution in [-0.2, 0) is 6.54 Å². The van der Waals surface area contributed by atoms with E-state index in [9.17, 15) is 9.18 Å². The van der Waals surface area contributed by atoms with Crippen molar-refractivity contribution in [2.24, 2.45) is 5.92 Å². The van der Waals surface area contributed by atoms with Crippen LogP contribution in [-0.4, -0.2) is 47.2 Å². The zero-order valence-electron chi connectivity index (χ0n) is 14.1. The van der Waals surface area contributed by atoms with Crippen molar-refractivity contribution in [3.05, 3.63) is 47.0 Å². The van der Waals surface area contributed by atoms with E-state index >= 15 is 0 Å². The van der Waals surface area contributed by atoms with E-state index in [1.807, 2.05) is 0 Å². The molecule has 2 heterocycles. The van der Waals surface area contributed by atoms with Gasteiger partial charge in [0.2, 0.25) is 0 Å². The Morgan fingerprint density at radius 3 is 2.96 bits per heavy atom. The van der Waals surface area contributed by atoms with Crippen molar-refractivity contribution in [3.8, 4) is 5.75 Å². The highest BCUT2D eigenvalue weighted by atomic mass is 35.5. The maximum Gasteiger partial charge on any atom is 0.167 e. The molecule has 1 aromatic carbocycles. The fraction of sp³-hybridized carbons (Fsp3) is 0.444. The van der Waals surface area contributed by atoms with Gasteiger partial charge >= 0.3 is 0 Å². The molecule has 5 nitrogen and oxygen atoms in total. The highest BCUT2D eigenvalue weighted by Crippen LogP contribution is 2.24. The van der Waals surface area contributed by atoms with Crippen molar-refractivity contribution in [1.82, 2.24) is 14.7 Å². The van der Waals surface area contributed by atoms with Gasteiger partial charge in [0.05, 0.1) is 24.9 Å². The maximum atomic E-state index is 13.9. The predicted molar refractivity (Wildman–Crippen MR) is 93.7 cm³/mol. The van der Waals surface area contributed by atoms with Gasteiger partial charge < -0.3 is 9.64 Å². The molecule has 1 unspecified atom stereocenters. The molecule has 0 amide bonds. The first-order valence-electron chi connectivity index (χ1n) is 8.35. The third-order valence-electron chi connectivity index (χ3n) is 4.56. The summed E-state index contributed by atoms with van der Waals surface area (Å²) >= 11 is 5.87. The summed E-state index contributed by atoms with van der Waals surface area (Å²) < 4.78 is 20.6. The van der Waals surface area contributed by atoms with Gasteiger partial charge in [-0.3, -0.25) is 9.48 Å². The Morgan fingerprint density at radius 1 is 1.44 bits per heavy atom. The molecule has 0 bridgehead atoms. The molecule has 1 saturated heterocycles. The molecule has 0 radical (unpaired) electrons. The van der Waals surface area contributed by atoms with Gasteiger partial charge in [-0.2, -0.15) is 5.10 Å². The molecule has 0 spiro atoms. The quantitative estimate of drug-likeness (QED) is 0.737. The number of carbonyl (C=O) groups is 1. The number of methoxy groups -OCH3 is 1. The topological polar surface area (TPSA) is 47.4 Å². The summed E-state index contributed by atoms with van der Waals surface area (Å²) in [6.45, 7) is 3.17. The number of benzene rings is 1. The molecule has 1 aliphatic rings. The summed E-state index contributed by atoms with van der Waals surface area (Å²) in [7, 11) is 1.41. The second-order valence-electron chi connectivity index (χ2n) is 6.27. The minimum absolute atomic E-state index is 0.00612. The summed E-state index contributed by atoms with van der Waals surface area (Å²) in [5, 5.41) is 4.78. The number of Topliss-reactive ketones (excluding diaryl/α,β-unsaturated/α-hetero) is 1. The number of aromatic nitrogens is 2. The molecule has 0 N–H and O–H groups in total. The zero-order chi connectivity index (χ0) is 17.8. The summed E-state index contributed by atoms with van der Waals surface area (Å²) in [5.41, 5.74) is 0.406. The molecule has 1 fully saturated rings. The second-order valence-corrected chi connectivity index (χ2v) is 6.71. The Hall–Kier alpha value is -1.92. The van der Waals surface area contributed by atoms with Crippen LogP contribution < -0.4 is 4.74 Å². The molecule has 2 aromatic rings. The van der Waals surface area contributed by atoms with Crippen LogP contribution in [0.15, 0.2) is 30.6 Å². The molecule has 1 aliphatic heterocycles. The fourth-order valence-electron chi connectivity index (χ4n) is 3.23. The van der Waals surface area contributed by atoms with Crippen molar-refractivity contribution in [3.63, 3.8) is 0 Å². The standard InChI is InChI=1S/C18H21ClFN3O2/c1-25-17-5-4-13(9-16(17)20)18(24)14-3-2-6-22(11-14)7-8-23-12-15(19)10-21-23/h4-5,9-10,12,14H,2-3,6-8,11H2,1H3. The van der Waals surface area contributed by atoms with Crippen LogP contribution >= 0.6 is 11.6 Å². The largest absolute Gasteiger partial charge is 0.494 e. The third-order valence-corrected chi connectivity index (χ3v) is 4.75. The minimum Gasteiger partial charge on any atom is -0.494 e. The zero-order valence-corrected chi connectivity index (χ0v) is 14.9. The number of hydrogen-bond donors (Lipinski definition) is 0. The molecule has 0 saturated carbocycles. The number of nitrogens with zero attached hydrogens (tertiary/aromatic N) is 3. The molecule has 1 atom stereocenters. The number of ether oxygens (including phenoxy) is 1. The lowest BCUT2D eigenvalue weighted by atomic mass is 9.90. The smallest absolute Gasteiger partial charge is 0.167 e. The number of likely N-dealkylation sites (tertiary alicyclic amines) is 1. The van der Waals surface area contributed by atoms with Crippen LogP contribution in [0.3, 0.4) is 0 Å². The lowest BCUT2D eigenvalue weighted by Crippen LogP contribution is -2.40.